The number of rotatable bonds is 6. The first kappa shape index (κ1) is 20.3. The van der Waals surface area contributed by atoms with Crippen molar-refractivity contribution in [1.82, 2.24) is 5.32 Å². The number of carbonyl (C=O) groups excluding carboxylic acids is 2. The molecule has 29 heavy (non-hydrogen) atoms. The van der Waals surface area contributed by atoms with Crippen molar-refractivity contribution in [3.63, 3.8) is 0 Å². The van der Waals surface area contributed by atoms with Crippen molar-refractivity contribution in [3.8, 4) is 0 Å². The van der Waals surface area contributed by atoms with Gasteiger partial charge in [-0.1, -0.05) is 11.8 Å². The molecule has 1 amide bonds. The Labute approximate surface area is 169 Å². The molecule has 1 unspecified atom stereocenters. The lowest BCUT2D eigenvalue weighted by Crippen LogP contribution is -2.26. The van der Waals surface area contributed by atoms with E-state index in [2.05, 4.69) is 15.5 Å². The minimum absolute atomic E-state index is 0.0276. The van der Waals surface area contributed by atoms with Crippen LogP contribution in [0.25, 0.3) is 0 Å². The molecule has 148 valence electrons. The van der Waals surface area contributed by atoms with E-state index in [1.807, 2.05) is 0 Å². The van der Waals surface area contributed by atoms with Gasteiger partial charge >= 0.3 is 0 Å². The Morgan fingerprint density at radius 2 is 1.79 bits per heavy atom. The van der Waals surface area contributed by atoms with Crippen LogP contribution in [0.2, 0.25) is 0 Å². The van der Waals surface area contributed by atoms with Crippen LogP contribution in [-0.2, 0) is 4.79 Å². The van der Waals surface area contributed by atoms with E-state index in [0.717, 1.165) is 11.8 Å². The molecule has 1 N–H and O–H groups in total. The Bertz CT molecular complexity index is 1020. The third kappa shape index (κ3) is 5.11. The van der Waals surface area contributed by atoms with Crippen molar-refractivity contribution in [1.29, 1.82) is 0 Å². The van der Waals surface area contributed by atoms with Gasteiger partial charge in [-0.25, -0.2) is 4.39 Å². The maximum Gasteiger partial charge on any atom is 0.269 e. The number of nitro benzene ring substituents is 1. The van der Waals surface area contributed by atoms with E-state index < -0.39 is 16.0 Å². The number of non-ortho nitro benzene ring substituents is 1. The Balaban J connectivity index is 1.64. The summed E-state index contributed by atoms with van der Waals surface area (Å²) in [6, 6.07) is 11.0. The van der Waals surface area contributed by atoms with E-state index in [0.29, 0.717) is 16.8 Å². The second-order valence-electron chi connectivity index (χ2n) is 6.12. The van der Waals surface area contributed by atoms with Gasteiger partial charge in [-0.05, 0) is 48.9 Å². The molecule has 1 heterocycles. The minimum atomic E-state index is -0.652. The average molecular weight is 414 g/mol. The second-order valence-corrected chi connectivity index (χ2v) is 7.32. The summed E-state index contributed by atoms with van der Waals surface area (Å²) in [4.78, 5) is 34.5. The van der Waals surface area contributed by atoms with Crippen molar-refractivity contribution >= 4 is 40.0 Å². The van der Waals surface area contributed by atoms with Gasteiger partial charge < -0.3 is 5.32 Å². The highest BCUT2D eigenvalue weighted by Crippen LogP contribution is 2.24. The summed E-state index contributed by atoms with van der Waals surface area (Å²) in [6.07, 6.45) is -0.0494. The van der Waals surface area contributed by atoms with Crippen LogP contribution < -0.4 is 5.32 Å². The van der Waals surface area contributed by atoms with Gasteiger partial charge in [0.1, 0.15) is 5.82 Å². The molecule has 1 saturated heterocycles. The highest BCUT2D eigenvalue weighted by atomic mass is 32.2. The van der Waals surface area contributed by atoms with E-state index in [9.17, 15) is 24.1 Å². The average Bonchev–Trinajstić information content (AvgIpc) is 3.06. The topological polar surface area (TPSA) is 114 Å². The molecule has 0 aliphatic carbocycles. The summed E-state index contributed by atoms with van der Waals surface area (Å²) >= 11 is 1.09. The number of nitrogens with zero attached hydrogens (tertiary/aromatic N) is 3. The second kappa shape index (κ2) is 8.74. The summed E-state index contributed by atoms with van der Waals surface area (Å²) in [7, 11) is 0. The van der Waals surface area contributed by atoms with Crippen molar-refractivity contribution in [2.75, 3.05) is 0 Å². The van der Waals surface area contributed by atoms with Gasteiger partial charge in [-0.2, -0.15) is 5.10 Å². The molecular weight excluding hydrogens is 399 g/mol. The highest BCUT2D eigenvalue weighted by molar-refractivity contribution is 8.15. The van der Waals surface area contributed by atoms with Gasteiger partial charge in [0, 0.05) is 24.1 Å². The highest BCUT2D eigenvalue weighted by Gasteiger charge is 2.32. The fraction of sp³-hybridized carbons (Fsp3) is 0.158. The molecule has 2 aromatic rings. The first-order valence-corrected chi connectivity index (χ1v) is 9.35. The van der Waals surface area contributed by atoms with Crippen LogP contribution in [0.3, 0.4) is 0 Å². The number of carbonyl (C=O) groups is 2. The number of ketones is 1. The molecule has 1 fully saturated rings. The van der Waals surface area contributed by atoms with Gasteiger partial charge in [0.2, 0.25) is 5.91 Å². The number of nitrogens with one attached hydrogen (secondary N) is 1. The minimum Gasteiger partial charge on any atom is -0.303 e. The van der Waals surface area contributed by atoms with Gasteiger partial charge in [0.25, 0.3) is 5.69 Å². The molecule has 0 saturated carbocycles. The smallest absolute Gasteiger partial charge is 0.269 e. The van der Waals surface area contributed by atoms with E-state index in [4.69, 9.17) is 0 Å². The zero-order valence-electron chi connectivity index (χ0n) is 15.2. The number of amides is 1. The third-order valence-electron chi connectivity index (χ3n) is 4.10. The van der Waals surface area contributed by atoms with Crippen molar-refractivity contribution in [2.45, 2.75) is 18.6 Å². The number of hydrogen-bond donors (Lipinski definition) is 1. The number of benzene rings is 2. The fourth-order valence-corrected chi connectivity index (χ4v) is 3.43. The zero-order valence-corrected chi connectivity index (χ0v) is 16.0. The molecule has 8 nitrogen and oxygen atoms in total. The summed E-state index contributed by atoms with van der Waals surface area (Å²) in [5.41, 5.74) is 1.46. The summed E-state index contributed by atoms with van der Waals surface area (Å²) in [5, 5.41) is 20.9. The Kier molecular flexibility index (Phi) is 6.13. The normalized spacial score (nSPS) is 18.0. The van der Waals surface area contributed by atoms with Crippen LogP contribution in [0, 0.1) is 15.9 Å². The quantitative estimate of drug-likeness (QED) is 0.337. The van der Waals surface area contributed by atoms with Crippen LogP contribution >= 0.6 is 11.8 Å². The molecule has 0 aromatic heterocycles. The maximum absolute atomic E-state index is 13.0. The Morgan fingerprint density at radius 1 is 1.17 bits per heavy atom. The van der Waals surface area contributed by atoms with E-state index in [-0.39, 0.29) is 29.0 Å². The maximum atomic E-state index is 13.0. The monoisotopic (exact) mass is 414 g/mol. The third-order valence-corrected chi connectivity index (χ3v) is 5.17. The predicted molar refractivity (Wildman–Crippen MR) is 108 cm³/mol. The van der Waals surface area contributed by atoms with Gasteiger partial charge in [0.15, 0.2) is 11.0 Å². The van der Waals surface area contributed by atoms with Crippen LogP contribution in [0.5, 0.6) is 0 Å². The summed E-state index contributed by atoms with van der Waals surface area (Å²) in [6.45, 7) is 1.68. The fourth-order valence-electron chi connectivity index (χ4n) is 2.51. The molecule has 2 aromatic carbocycles. The van der Waals surface area contributed by atoms with Gasteiger partial charge in [-0.3, -0.25) is 19.7 Å². The van der Waals surface area contributed by atoms with Crippen LogP contribution in [0.4, 0.5) is 10.1 Å². The van der Waals surface area contributed by atoms with Gasteiger partial charge in [-0.15, -0.1) is 5.10 Å². The summed E-state index contributed by atoms with van der Waals surface area (Å²) < 4.78 is 13.0. The lowest BCUT2D eigenvalue weighted by molar-refractivity contribution is -0.384. The molecule has 1 aliphatic rings. The number of hydrogen-bond acceptors (Lipinski definition) is 7. The van der Waals surface area contributed by atoms with Crippen molar-refractivity contribution in [3.05, 3.63) is 75.6 Å². The number of nitro groups is 1. The zero-order chi connectivity index (χ0) is 21.0. The molecule has 3 rings (SSSR count). The Hall–Kier alpha value is -3.40. The van der Waals surface area contributed by atoms with Crippen LogP contribution in [-0.4, -0.2) is 32.7 Å². The van der Waals surface area contributed by atoms with E-state index in [1.54, 1.807) is 19.1 Å². The first-order valence-electron chi connectivity index (χ1n) is 8.47. The number of amidine groups is 1. The predicted octanol–water partition coefficient (Wildman–Crippen LogP) is 3.32. The number of thioether (sulfide) groups is 1. The molecule has 0 bridgehead atoms. The largest absolute Gasteiger partial charge is 0.303 e. The van der Waals surface area contributed by atoms with Gasteiger partial charge in [0.05, 0.1) is 15.9 Å². The van der Waals surface area contributed by atoms with Crippen molar-refractivity contribution < 1.29 is 18.9 Å². The molecule has 0 radical (unpaired) electrons. The lowest BCUT2D eigenvalue weighted by Gasteiger charge is -2.04. The number of Topliss-reactive ketones (excluding diaryl/α,β-unsaturated/α-hetero) is 1. The number of halogens is 1. The summed E-state index contributed by atoms with van der Waals surface area (Å²) in [5.74, 6) is -1.07. The molecule has 1 aliphatic heterocycles. The molecular formula is C19H15FN4O4S. The Morgan fingerprint density at radius 3 is 2.41 bits per heavy atom. The van der Waals surface area contributed by atoms with E-state index >= 15 is 0 Å². The van der Waals surface area contributed by atoms with Crippen LogP contribution in [0.15, 0.2) is 58.7 Å². The molecule has 10 heteroatoms. The van der Waals surface area contributed by atoms with Crippen molar-refractivity contribution in [2.24, 2.45) is 10.2 Å². The van der Waals surface area contributed by atoms with Crippen LogP contribution in [0.1, 0.15) is 29.3 Å². The lowest BCUT2D eigenvalue weighted by atomic mass is 10.1. The SMILES string of the molecule is C/C(=N\N=C1/NC(=O)C(CC(=O)c2ccc(F)cc2)S1)c1ccc([N+](=O)[O-])cc1. The molecule has 0 spiro atoms. The standard InChI is InChI=1S/C19H15FN4O4S/c1-11(12-4-8-15(9-5-12)24(27)28)22-23-19-21-18(26)17(29-19)10-16(25)13-2-6-14(20)7-3-13/h2-9,17H,10H2,1H3,(H,21,23,26)/b22-11+. The molecule has 1 atom stereocenters. The van der Waals surface area contributed by atoms with E-state index in [1.165, 1.54) is 36.4 Å². The first-order chi connectivity index (χ1) is 13.8.